The number of hydrogen-bond acceptors (Lipinski definition) is 7. The van der Waals surface area contributed by atoms with Crippen LogP contribution in [0.2, 0.25) is 0 Å². The molecule has 0 bridgehead atoms. The second kappa shape index (κ2) is 5.17. The SMILES string of the molecule is Cc1cccc(-c2noc(Cc3noc(C)c3C#N)n2)n1. The van der Waals surface area contributed by atoms with Gasteiger partial charge in [-0.2, -0.15) is 10.2 Å². The molecule has 0 atom stereocenters. The summed E-state index contributed by atoms with van der Waals surface area (Å²) in [6.45, 7) is 3.58. The van der Waals surface area contributed by atoms with Crippen LogP contribution < -0.4 is 0 Å². The highest BCUT2D eigenvalue weighted by molar-refractivity contribution is 5.48. The number of nitrogens with zero attached hydrogens (tertiary/aromatic N) is 5. The zero-order valence-corrected chi connectivity index (χ0v) is 11.5. The quantitative estimate of drug-likeness (QED) is 0.725. The van der Waals surface area contributed by atoms with Gasteiger partial charge < -0.3 is 9.05 Å². The van der Waals surface area contributed by atoms with Gasteiger partial charge in [0.05, 0.1) is 6.42 Å². The highest BCUT2D eigenvalue weighted by Crippen LogP contribution is 2.18. The van der Waals surface area contributed by atoms with Crippen molar-refractivity contribution in [3.63, 3.8) is 0 Å². The van der Waals surface area contributed by atoms with E-state index in [0.717, 1.165) is 5.69 Å². The normalized spacial score (nSPS) is 10.5. The van der Waals surface area contributed by atoms with Gasteiger partial charge in [-0.3, -0.25) is 0 Å². The molecule has 3 aromatic heterocycles. The van der Waals surface area contributed by atoms with Crippen molar-refractivity contribution in [1.82, 2.24) is 20.3 Å². The van der Waals surface area contributed by atoms with Gasteiger partial charge in [0, 0.05) is 5.69 Å². The minimum Gasteiger partial charge on any atom is -0.360 e. The van der Waals surface area contributed by atoms with Crippen LogP contribution in [0, 0.1) is 25.2 Å². The highest BCUT2D eigenvalue weighted by Gasteiger charge is 2.17. The van der Waals surface area contributed by atoms with Crippen LogP contribution in [0.5, 0.6) is 0 Å². The number of aromatic nitrogens is 4. The van der Waals surface area contributed by atoms with Gasteiger partial charge in [0.2, 0.25) is 11.7 Å². The standard InChI is InChI=1S/C14H11N5O2/c1-8-4-3-5-11(16-8)14-17-13(21-19-14)6-12-10(7-15)9(2)20-18-12/h3-5H,6H2,1-2H3. The summed E-state index contributed by atoms with van der Waals surface area (Å²) < 4.78 is 10.2. The molecule has 7 nitrogen and oxygen atoms in total. The number of pyridine rings is 1. The van der Waals surface area contributed by atoms with Gasteiger partial charge >= 0.3 is 0 Å². The minimum absolute atomic E-state index is 0.249. The first-order valence-electron chi connectivity index (χ1n) is 6.29. The molecule has 0 unspecified atom stereocenters. The van der Waals surface area contributed by atoms with Gasteiger partial charge in [-0.05, 0) is 26.0 Å². The maximum absolute atomic E-state index is 9.05. The fraction of sp³-hybridized carbons (Fsp3) is 0.214. The molecule has 0 aliphatic carbocycles. The monoisotopic (exact) mass is 281 g/mol. The Morgan fingerprint density at radius 1 is 1.14 bits per heavy atom. The summed E-state index contributed by atoms with van der Waals surface area (Å²) in [6.07, 6.45) is 0.249. The molecule has 3 rings (SSSR count). The van der Waals surface area contributed by atoms with Crippen molar-refractivity contribution >= 4 is 0 Å². The van der Waals surface area contributed by atoms with Crippen molar-refractivity contribution in [3.8, 4) is 17.6 Å². The molecule has 21 heavy (non-hydrogen) atoms. The topological polar surface area (TPSA) is 102 Å². The lowest BCUT2D eigenvalue weighted by Gasteiger charge is -1.94. The first-order chi connectivity index (χ1) is 10.2. The summed E-state index contributed by atoms with van der Waals surface area (Å²) in [5.74, 6) is 1.25. The lowest BCUT2D eigenvalue weighted by atomic mass is 10.2. The number of hydrogen-bond donors (Lipinski definition) is 0. The Kier molecular flexibility index (Phi) is 3.20. The van der Waals surface area contributed by atoms with E-state index < -0.39 is 0 Å². The molecule has 0 aliphatic rings. The van der Waals surface area contributed by atoms with Crippen molar-refractivity contribution in [2.24, 2.45) is 0 Å². The van der Waals surface area contributed by atoms with Crippen molar-refractivity contribution in [1.29, 1.82) is 5.26 Å². The van der Waals surface area contributed by atoms with E-state index in [0.29, 0.717) is 34.4 Å². The fourth-order valence-electron chi connectivity index (χ4n) is 1.92. The summed E-state index contributed by atoms with van der Waals surface area (Å²) in [5, 5.41) is 16.8. The largest absolute Gasteiger partial charge is 0.360 e. The molecule has 104 valence electrons. The van der Waals surface area contributed by atoms with Crippen LogP contribution >= 0.6 is 0 Å². The molecular weight excluding hydrogens is 270 g/mol. The predicted octanol–water partition coefficient (Wildman–Crippen LogP) is 2.20. The average molecular weight is 281 g/mol. The predicted molar refractivity (Wildman–Crippen MR) is 71.0 cm³/mol. The molecule has 0 aliphatic heterocycles. The van der Waals surface area contributed by atoms with Crippen molar-refractivity contribution < 1.29 is 9.05 Å². The lowest BCUT2D eigenvalue weighted by molar-refractivity contribution is 0.371. The molecule has 0 saturated heterocycles. The molecule has 0 spiro atoms. The smallest absolute Gasteiger partial charge is 0.233 e. The van der Waals surface area contributed by atoms with Gasteiger partial charge in [0.1, 0.15) is 23.0 Å². The molecule has 0 radical (unpaired) electrons. The Hall–Kier alpha value is -3.01. The zero-order chi connectivity index (χ0) is 14.8. The Labute approximate surface area is 120 Å². The van der Waals surface area contributed by atoms with Gasteiger partial charge in [-0.25, -0.2) is 4.98 Å². The van der Waals surface area contributed by atoms with E-state index in [1.54, 1.807) is 6.92 Å². The van der Waals surface area contributed by atoms with E-state index in [4.69, 9.17) is 14.3 Å². The van der Waals surface area contributed by atoms with Crippen LogP contribution in [0.3, 0.4) is 0 Å². The second-order valence-corrected chi connectivity index (χ2v) is 4.52. The molecule has 0 aromatic carbocycles. The van der Waals surface area contributed by atoms with Crippen molar-refractivity contribution in [2.75, 3.05) is 0 Å². The Balaban J connectivity index is 1.87. The van der Waals surface area contributed by atoms with Crippen LogP contribution in [-0.4, -0.2) is 20.3 Å². The molecule has 3 aromatic rings. The fourth-order valence-corrected chi connectivity index (χ4v) is 1.92. The Morgan fingerprint density at radius 3 is 2.76 bits per heavy atom. The van der Waals surface area contributed by atoms with E-state index >= 15 is 0 Å². The zero-order valence-electron chi connectivity index (χ0n) is 11.5. The van der Waals surface area contributed by atoms with Crippen molar-refractivity contribution in [2.45, 2.75) is 20.3 Å². The van der Waals surface area contributed by atoms with Gasteiger partial charge in [-0.15, -0.1) is 0 Å². The van der Waals surface area contributed by atoms with E-state index in [1.807, 2.05) is 25.1 Å². The molecule has 3 heterocycles. The van der Waals surface area contributed by atoms with E-state index in [9.17, 15) is 0 Å². The third-order valence-corrected chi connectivity index (χ3v) is 2.95. The summed E-state index contributed by atoms with van der Waals surface area (Å²) >= 11 is 0. The summed E-state index contributed by atoms with van der Waals surface area (Å²) in [6, 6.07) is 7.63. The molecule has 0 fully saturated rings. The van der Waals surface area contributed by atoms with Crippen LogP contribution in [0.25, 0.3) is 11.5 Å². The molecule has 0 amide bonds. The van der Waals surface area contributed by atoms with E-state index in [1.165, 1.54) is 0 Å². The first-order valence-corrected chi connectivity index (χ1v) is 6.29. The lowest BCUT2D eigenvalue weighted by Crippen LogP contribution is -1.93. The summed E-state index contributed by atoms with van der Waals surface area (Å²) in [4.78, 5) is 8.60. The summed E-state index contributed by atoms with van der Waals surface area (Å²) in [7, 11) is 0. The summed E-state index contributed by atoms with van der Waals surface area (Å²) in [5.41, 5.74) is 2.41. The van der Waals surface area contributed by atoms with E-state index in [-0.39, 0.29) is 6.42 Å². The maximum atomic E-state index is 9.05. The Bertz CT molecular complexity index is 828. The first kappa shape index (κ1) is 13.0. The number of rotatable bonds is 3. The molecular formula is C14H11N5O2. The third-order valence-electron chi connectivity index (χ3n) is 2.95. The van der Waals surface area contributed by atoms with Crippen molar-refractivity contribution in [3.05, 3.63) is 46.8 Å². The van der Waals surface area contributed by atoms with Crippen LogP contribution in [0.4, 0.5) is 0 Å². The molecule has 7 heteroatoms. The van der Waals surface area contributed by atoms with Crippen LogP contribution in [0.15, 0.2) is 27.2 Å². The van der Waals surface area contributed by atoms with Gasteiger partial charge in [0.25, 0.3) is 0 Å². The number of aryl methyl sites for hydroxylation is 2. The average Bonchev–Trinajstić information content (AvgIpc) is 3.07. The number of nitriles is 1. The minimum atomic E-state index is 0.249. The Morgan fingerprint density at radius 2 is 2.00 bits per heavy atom. The highest BCUT2D eigenvalue weighted by atomic mass is 16.5. The third kappa shape index (κ3) is 2.51. The molecule has 0 saturated carbocycles. The van der Waals surface area contributed by atoms with Gasteiger partial charge in [-0.1, -0.05) is 16.4 Å². The van der Waals surface area contributed by atoms with Crippen LogP contribution in [0.1, 0.15) is 28.6 Å². The second-order valence-electron chi connectivity index (χ2n) is 4.52. The van der Waals surface area contributed by atoms with Crippen LogP contribution in [-0.2, 0) is 6.42 Å². The van der Waals surface area contributed by atoms with E-state index in [2.05, 4.69) is 26.4 Å². The molecule has 0 N–H and O–H groups in total. The maximum Gasteiger partial charge on any atom is 0.233 e. The van der Waals surface area contributed by atoms with Gasteiger partial charge in [0.15, 0.2) is 5.76 Å².